The summed E-state index contributed by atoms with van der Waals surface area (Å²) >= 11 is 1.43. The zero-order chi connectivity index (χ0) is 20.8. The Hall–Kier alpha value is -3.39. The lowest BCUT2D eigenvalue weighted by atomic mass is 10.2. The number of para-hydroxylation sites is 1. The molecule has 7 nitrogen and oxygen atoms in total. The standard InChI is InChI=1S/C21H20N2O5S/c1-13(24)22-15-9-7-14(8-10-15)21(25)28-11-16-12-29-20(23-16)17-5-4-6-18(26-2)19(17)27-3/h4-10,12H,11H2,1-3H3,(H,22,24). The molecule has 3 rings (SSSR count). The molecule has 3 aromatic rings. The van der Waals surface area contributed by atoms with E-state index in [1.165, 1.54) is 18.3 Å². The van der Waals surface area contributed by atoms with E-state index in [-0.39, 0.29) is 12.5 Å². The average molecular weight is 412 g/mol. The number of ether oxygens (including phenoxy) is 3. The molecule has 1 amide bonds. The molecule has 0 aliphatic rings. The number of thiazole rings is 1. The molecule has 1 N–H and O–H groups in total. The van der Waals surface area contributed by atoms with Crippen LogP contribution in [0.2, 0.25) is 0 Å². The molecule has 0 radical (unpaired) electrons. The smallest absolute Gasteiger partial charge is 0.338 e. The van der Waals surface area contributed by atoms with Crippen molar-refractivity contribution in [2.45, 2.75) is 13.5 Å². The van der Waals surface area contributed by atoms with Gasteiger partial charge in [0.1, 0.15) is 11.6 Å². The normalized spacial score (nSPS) is 10.3. The van der Waals surface area contributed by atoms with E-state index in [0.29, 0.717) is 28.4 Å². The number of rotatable bonds is 7. The van der Waals surface area contributed by atoms with Crippen LogP contribution in [0, 0.1) is 0 Å². The van der Waals surface area contributed by atoms with E-state index in [1.807, 2.05) is 23.6 Å². The van der Waals surface area contributed by atoms with Crippen LogP contribution in [0.1, 0.15) is 23.0 Å². The summed E-state index contributed by atoms with van der Waals surface area (Å²) in [4.78, 5) is 27.8. The van der Waals surface area contributed by atoms with Crippen molar-refractivity contribution in [1.82, 2.24) is 4.98 Å². The van der Waals surface area contributed by atoms with E-state index in [0.717, 1.165) is 10.6 Å². The largest absolute Gasteiger partial charge is 0.493 e. The monoisotopic (exact) mass is 412 g/mol. The van der Waals surface area contributed by atoms with Gasteiger partial charge in [-0.1, -0.05) is 6.07 Å². The van der Waals surface area contributed by atoms with Gasteiger partial charge in [-0.05, 0) is 36.4 Å². The van der Waals surface area contributed by atoms with Crippen molar-refractivity contribution in [2.24, 2.45) is 0 Å². The number of anilines is 1. The van der Waals surface area contributed by atoms with Crippen molar-refractivity contribution >= 4 is 28.9 Å². The van der Waals surface area contributed by atoms with Gasteiger partial charge in [0.25, 0.3) is 0 Å². The fourth-order valence-electron chi connectivity index (χ4n) is 2.67. The number of hydrogen-bond donors (Lipinski definition) is 1. The highest BCUT2D eigenvalue weighted by Crippen LogP contribution is 2.39. The molecule has 0 fully saturated rings. The lowest BCUT2D eigenvalue weighted by molar-refractivity contribution is -0.114. The predicted molar refractivity (Wildman–Crippen MR) is 111 cm³/mol. The molecule has 0 unspecified atom stereocenters. The van der Waals surface area contributed by atoms with Crippen molar-refractivity contribution in [1.29, 1.82) is 0 Å². The highest BCUT2D eigenvalue weighted by molar-refractivity contribution is 7.13. The first-order chi connectivity index (χ1) is 14.0. The maximum Gasteiger partial charge on any atom is 0.338 e. The van der Waals surface area contributed by atoms with Crippen LogP contribution < -0.4 is 14.8 Å². The minimum absolute atomic E-state index is 0.0507. The Kier molecular flexibility index (Phi) is 6.46. The highest BCUT2D eigenvalue weighted by Gasteiger charge is 2.15. The van der Waals surface area contributed by atoms with Gasteiger partial charge in [-0.2, -0.15) is 0 Å². The topological polar surface area (TPSA) is 86.8 Å². The summed E-state index contributed by atoms with van der Waals surface area (Å²) in [7, 11) is 3.16. The van der Waals surface area contributed by atoms with Gasteiger partial charge in [0.15, 0.2) is 11.5 Å². The molecule has 0 atom stereocenters. The van der Waals surface area contributed by atoms with E-state index in [2.05, 4.69) is 10.3 Å². The first-order valence-electron chi connectivity index (χ1n) is 8.72. The van der Waals surface area contributed by atoms with Gasteiger partial charge in [-0.3, -0.25) is 4.79 Å². The van der Waals surface area contributed by atoms with Crippen LogP contribution >= 0.6 is 11.3 Å². The maximum atomic E-state index is 12.2. The average Bonchev–Trinajstić information content (AvgIpc) is 3.20. The summed E-state index contributed by atoms with van der Waals surface area (Å²) in [5, 5.41) is 5.22. The summed E-state index contributed by atoms with van der Waals surface area (Å²) in [5.74, 6) is 0.586. The quantitative estimate of drug-likeness (QED) is 0.587. The summed E-state index contributed by atoms with van der Waals surface area (Å²) < 4.78 is 16.1. The fraction of sp³-hybridized carbons (Fsp3) is 0.190. The number of nitrogens with zero attached hydrogens (tertiary/aromatic N) is 1. The molecular formula is C21H20N2O5S. The Labute approximate surface area is 172 Å². The number of nitrogens with one attached hydrogen (secondary N) is 1. The molecule has 2 aromatic carbocycles. The van der Waals surface area contributed by atoms with Crippen LogP contribution in [-0.2, 0) is 16.1 Å². The Bertz CT molecular complexity index is 1010. The maximum absolute atomic E-state index is 12.2. The van der Waals surface area contributed by atoms with Gasteiger partial charge in [-0.15, -0.1) is 11.3 Å². The number of amides is 1. The predicted octanol–water partition coefficient (Wildman–Crippen LogP) is 4.14. The van der Waals surface area contributed by atoms with Crippen LogP contribution in [0.15, 0.2) is 47.8 Å². The Morgan fingerprint density at radius 1 is 1.07 bits per heavy atom. The second kappa shape index (κ2) is 9.20. The van der Waals surface area contributed by atoms with Crippen molar-refractivity contribution in [3.05, 3.63) is 59.1 Å². The summed E-state index contributed by atoms with van der Waals surface area (Å²) in [6, 6.07) is 12.1. The molecule has 0 spiro atoms. The highest BCUT2D eigenvalue weighted by atomic mass is 32.1. The molecule has 1 heterocycles. The summed E-state index contributed by atoms with van der Waals surface area (Å²) in [5.41, 5.74) is 2.45. The van der Waals surface area contributed by atoms with Gasteiger partial charge in [0, 0.05) is 18.0 Å². The molecule has 0 saturated heterocycles. The first-order valence-corrected chi connectivity index (χ1v) is 9.60. The van der Waals surface area contributed by atoms with Crippen LogP contribution in [-0.4, -0.2) is 31.1 Å². The van der Waals surface area contributed by atoms with Crippen LogP contribution in [0.3, 0.4) is 0 Å². The number of carbonyl (C=O) groups is 2. The van der Waals surface area contributed by atoms with Crippen molar-refractivity contribution in [2.75, 3.05) is 19.5 Å². The van der Waals surface area contributed by atoms with E-state index < -0.39 is 5.97 Å². The SMILES string of the molecule is COc1cccc(-c2nc(COC(=O)c3ccc(NC(C)=O)cc3)cs2)c1OC. The number of hydrogen-bond acceptors (Lipinski definition) is 7. The van der Waals surface area contributed by atoms with Gasteiger partial charge in [0.2, 0.25) is 5.91 Å². The molecule has 0 bridgehead atoms. The van der Waals surface area contributed by atoms with E-state index in [4.69, 9.17) is 14.2 Å². The minimum Gasteiger partial charge on any atom is -0.493 e. The van der Waals surface area contributed by atoms with Crippen molar-refractivity contribution < 1.29 is 23.8 Å². The second-order valence-corrected chi connectivity index (χ2v) is 6.88. The lowest BCUT2D eigenvalue weighted by Crippen LogP contribution is -2.08. The number of esters is 1. The Morgan fingerprint density at radius 2 is 1.83 bits per heavy atom. The van der Waals surface area contributed by atoms with Crippen LogP contribution in [0.4, 0.5) is 5.69 Å². The molecule has 0 aliphatic carbocycles. The first kappa shape index (κ1) is 20.3. The summed E-state index contributed by atoms with van der Waals surface area (Å²) in [6.45, 7) is 1.47. The number of benzene rings is 2. The molecular weight excluding hydrogens is 392 g/mol. The molecule has 0 saturated carbocycles. The summed E-state index contributed by atoms with van der Waals surface area (Å²) in [6.07, 6.45) is 0. The minimum atomic E-state index is -0.465. The van der Waals surface area contributed by atoms with Crippen LogP contribution in [0.25, 0.3) is 10.6 Å². The second-order valence-electron chi connectivity index (χ2n) is 6.02. The third kappa shape index (κ3) is 4.91. The van der Waals surface area contributed by atoms with Crippen molar-refractivity contribution in [3.63, 3.8) is 0 Å². The van der Waals surface area contributed by atoms with E-state index in [9.17, 15) is 9.59 Å². The fourth-order valence-corrected chi connectivity index (χ4v) is 3.49. The molecule has 0 aliphatic heterocycles. The third-order valence-electron chi connectivity index (χ3n) is 3.98. The molecule has 8 heteroatoms. The molecule has 29 heavy (non-hydrogen) atoms. The molecule has 1 aromatic heterocycles. The van der Waals surface area contributed by atoms with Crippen LogP contribution in [0.5, 0.6) is 11.5 Å². The van der Waals surface area contributed by atoms with Gasteiger partial charge in [0.05, 0.1) is 31.0 Å². The lowest BCUT2D eigenvalue weighted by Gasteiger charge is -2.10. The number of methoxy groups -OCH3 is 2. The number of carbonyl (C=O) groups excluding carboxylic acids is 2. The molecule has 150 valence electrons. The van der Waals surface area contributed by atoms with Gasteiger partial charge in [-0.25, -0.2) is 9.78 Å². The number of aromatic nitrogens is 1. The van der Waals surface area contributed by atoms with E-state index in [1.54, 1.807) is 38.5 Å². The van der Waals surface area contributed by atoms with E-state index >= 15 is 0 Å². The third-order valence-corrected chi connectivity index (χ3v) is 4.90. The van der Waals surface area contributed by atoms with Gasteiger partial charge < -0.3 is 19.5 Å². The zero-order valence-corrected chi connectivity index (χ0v) is 17.0. The Balaban J connectivity index is 1.67. The zero-order valence-electron chi connectivity index (χ0n) is 16.2. The Morgan fingerprint density at radius 3 is 2.48 bits per heavy atom. The van der Waals surface area contributed by atoms with Gasteiger partial charge >= 0.3 is 5.97 Å². The van der Waals surface area contributed by atoms with Crippen molar-refractivity contribution in [3.8, 4) is 22.1 Å².